The zero-order valence-electron chi connectivity index (χ0n) is 14.1. The number of likely N-dealkylation sites (N-methyl/N-ethyl adjacent to an activating group) is 1. The highest BCUT2D eigenvalue weighted by molar-refractivity contribution is 7.87. The predicted octanol–water partition coefficient (Wildman–Crippen LogP) is 3.94. The lowest BCUT2D eigenvalue weighted by atomic mass is 10.2. The highest BCUT2D eigenvalue weighted by Gasteiger charge is 2.27. The lowest BCUT2D eigenvalue weighted by Gasteiger charge is -2.16. The summed E-state index contributed by atoms with van der Waals surface area (Å²) in [4.78, 5) is 15.1. The molecule has 2 aromatic carbocycles. The second-order valence-electron chi connectivity index (χ2n) is 5.92. The first kappa shape index (κ1) is 18.8. The third-order valence-electron chi connectivity index (χ3n) is 4.07. The number of rotatable bonds is 4. The molecule has 1 aliphatic rings. The fraction of sp³-hybridized carbons (Fsp3) is 0.235. The van der Waals surface area contributed by atoms with Gasteiger partial charge in [-0.25, -0.2) is 4.79 Å². The van der Waals surface area contributed by atoms with Crippen molar-refractivity contribution < 1.29 is 17.4 Å². The average molecular weight is 415 g/mol. The van der Waals surface area contributed by atoms with Gasteiger partial charge in [-0.2, -0.15) is 8.42 Å². The van der Waals surface area contributed by atoms with Gasteiger partial charge in [-0.05, 0) is 42.8 Å². The van der Waals surface area contributed by atoms with E-state index in [2.05, 4.69) is 0 Å². The lowest BCUT2D eigenvalue weighted by Crippen LogP contribution is -2.29. The Morgan fingerprint density at radius 2 is 1.69 bits per heavy atom. The van der Waals surface area contributed by atoms with Gasteiger partial charge in [-0.15, -0.1) is 0 Å². The Balaban J connectivity index is 1.84. The second kappa shape index (κ2) is 6.98. The molecule has 0 radical (unpaired) electrons. The summed E-state index contributed by atoms with van der Waals surface area (Å²) in [5.41, 5.74) is 1.33. The molecule has 0 aliphatic carbocycles. The Labute approximate surface area is 162 Å². The number of anilines is 1. The standard InChI is InChI=1S/C17H16Cl2N2O4S/c1-11-9-15(19)16(10-14(11)18)25-26(23,24)13-5-3-12(4-6-13)21-8-7-20(2)17(21)22/h3-6,9-10H,7-8H2,1-2H3. The quantitative estimate of drug-likeness (QED) is 0.710. The van der Waals surface area contributed by atoms with Crippen molar-refractivity contribution in [2.24, 2.45) is 0 Å². The van der Waals surface area contributed by atoms with Gasteiger partial charge < -0.3 is 9.08 Å². The number of aryl methyl sites for hydroxylation is 1. The minimum Gasteiger partial charge on any atom is -0.377 e. The number of urea groups is 1. The lowest BCUT2D eigenvalue weighted by molar-refractivity contribution is 0.229. The van der Waals surface area contributed by atoms with Crippen molar-refractivity contribution in [1.29, 1.82) is 0 Å². The fourth-order valence-electron chi connectivity index (χ4n) is 2.54. The molecule has 26 heavy (non-hydrogen) atoms. The van der Waals surface area contributed by atoms with Crippen LogP contribution in [0, 0.1) is 6.92 Å². The predicted molar refractivity (Wildman–Crippen MR) is 101 cm³/mol. The molecule has 0 aromatic heterocycles. The third kappa shape index (κ3) is 3.60. The summed E-state index contributed by atoms with van der Waals surface area (Å²) in [5.74, 6) is -0.0392. The van der Waals surface area contributed by atoms with Gasteiger partial charge in [0.05, 0.1) is 5.02 Å². The van der Waals surface area contributed by atoms with Gasteiger partial charge >= 0.3 is 16.1 Å². The number of halogens is 2. The molecule has 3 rings (SSSR count). The van der Waals surface area contributed by atoms with E-state index in [4.69, 9.17) is 27.4 Å². The first-order valence-electron chi connectivity index (χ1n) is 7.72. The largest absolute Gasteiger partial charge is 0.377 e. The number of nitrogens with zero attached hydrogens (tertiary/aromatic N) is 2. The molecule has 2 amide bonds. The number of hydrogen-bond donors (Lipinski definition) is 0. The van der Waals surface area contributed by atoms with E-state index in [1.165, 1.54) is 24.3 Å². The third-order valence-corrected chi connectivity index (χ3v) is 6.02. The summed E-state index contributed by atoms with van der Waals surface area (Å²) in [6.07, 6.45) is 0. The number of carbonyl (C=O) groups is 1. The van der Waals surface area contributed by atoms with Gasteiger partial charge in [0.15, 0.2) is 5.75 Å². The van der Waals surface area contributed by atoms with Gasteiger partial charge in [0.25, 0.3) is 0 Å². The van der Waals surface area contributed by atoms with Crippen molar-refractivity contribution in [3.05, 3.63) is 52.0 Å². The molecule has 1 heterocycles. The Kier molecular flexibility index (Phi) is 5.05. The highest BCUT2D eigenvalue weighted by Crippen LogP contribution is 2.33. The van der Waals surface area contributed by atoms with Crippen LogP contribution >= 0.6 is 23.2 Å². The first-order chi connectivity index (χ1) is 12.2. The zero-order chi connectivity index (χ0) is 19.1. The Bertz CT molecular complexity index is 961. The second-order valence-corrected chi connectivity index (χ2v) is 8.28. The van der Waals surface area contributed by atoms with Crippen LogP contribution < -0.4 is 9.08 Å². The molecular formula is C17H16Cl2N2O4S. The van der Waals surface area contributed by atoms with E-state index in [1.54, 1.807) is 35.9 Å². The summed E-state index contributed by atoms with van der Waals surface area (Å²) < 4.78 is 30.1. The summed E-state index contributed by atoms with van der Waals surface area (Å²) in [7, 11) is -2.37. The smallest absolute Gasteiger partial charge is 0.339 e. The minimum atomic E-state index is -4.09. The van der Waals surface area contributed by atoms with Crippen LogP contribution in [0.1, 0.15) is 5.56 Å². The summed E-state index contributed by atoms with van der Waals surface area (Å²) in [5, 5.41) is 0.504. The molecule has 0 spiro atoms. The molecule has 138 valence electrons. The SMILES string of the molecule is Cc1cc(Cl)c(OS(=O)(=O)c2ccc(N3CCN(C)C3=O)cc2)cc1Cl. The van der Waals surface area contributed by atoms with Crippen molar-refractivity contribution in [2.75, 3.05) is 25.0 Å². The van der Waals surface area contributed by atoms with E-state index in [0.717, 1.165) is 0 Å². The van der Waals surface area contributed by atoms with E-state index < -0.39 is 10.1 Å². The van der Waals surface area contributed by atoms with Crippen LogP contribution in [0.4, 0.5) is 10.5 Å². The topological polar surface area (TPSA) is 66.9 Å². The van der Waals surface area contributed by atoms with Crippen LogP contribution in [0.2, 0.25) is 10.0 Å². The molecule has 0 saturated carbocycles. The van der Waals surface area contributed by atoms with Crippen LogP contribution in [0.15, 0.2) is 41.3 Å². The summed E-state index contributed by atoms with van der Waals surface area (Å²) >= 11 is 12.0. The molecule has 1 fully saturated rings. The van der Waals surface area contributed by atoms with Gasteiger partial charge in [-0.1, -0.05) is 23.2 Å². The Hall–Kier alpha value is -1.96. The molecule has 0 unspecified atom stereocenters. The van der Waals surface area contributed by atoms with E-state index in [-0.39, 0.29) is 21.7 Å². The van der Waals surface area contributed by atoms with E-state index >= 15 is 0 Å². The van der Waals surface area contributed by atoms with Gasteiger partial charge in [-0.3, -0.25) is 4.90 Å². The maximum absolute atomic E-state index is 12.5. The molecule has 2 aromatic rings. The molecule has 0 bridgehead atoms. The van der Waals surface area contributed by atoms with Crippen LogP contribution in [-0.4, -0.2) is 39.5 Å². The van der Waals surface area contributed by atoms with E-state index in [0.29, 0.717) is 29.4 Å². The number of hydrogen-bond acceptors (Lipinski definition) is 4. The number of carbonyl (C=O) groups excluding carboxylic acids is 1. The van der Waals surface area contributed by atoms with Crippen molar-refractivity contribution in [3.63, 3.8) is 0 Å². The highest BCUT2D eigenvalue weighted by atomic mass is 35.5. The molecule has 1 saturated heterocycles. The molecular weight excluding hydrogens is 399 g/mol. The first-order valence-corrected chi connectivity index (χ1v) is 9.88. The van der Waals surface area contributed by atoms with Gasteiger partial charge in [0, 0.05) is 36.9 Å². The van der Waals surface area contributed by atoms with Crippen molar-refractivity contribution >= 4 is 45.0 Å². The van der Waals surface area contributed by atoms with Gasteiger partial charge in [0.2, 0.25) is 0 Å². The average Bonchev–Trinajstić information content (AvgIpc) is 2.92. The molecule has 1 aliphatic heterocycles. The van der Waals surface area contributed by atoms with Crippen LogP contribution in [0.3, 0.4) is 0 Å². The molecule has 6 nitrogen and oxygen atoms in total. The van der Waals surface area contributed by atoms with Crippen molar-refractivity contribution in [2.45, 2.75) is 11.8 Å². The van der Waals surface area contributed by atoms with Crippen LogP contribution in [0.25, 0.3) is 0 Å². The minimum absolute atomic E-state index is 0.0392. The fourth-order valence-corrected chi connectivity index (χ4v) is 3.93. The zero-order valence-corrected chi connectivity index (χ0v) is 16.4. The molecule has 9 heteroatoms. The van der Waals surface area contributed by atoms with Gasteiger partial charge in [0.1, 0.15) is 4.90 Å². The van der Waals surface area contributed by atoms with Crippen molar-refractivity contribution in [3.8, 4) is 5.75 Å². The van der Waals surface area contributed by atoms with Crippen molar-refractivity contribution in [1.82, 2.24) is 4.90 Å². The summed E-state index contributed by atoms with van der Waals surface area (Å²) in [6.45, 7) is 2.92. The maximum Gasteiger partial charge on any atom is 0.339 e. The number of benzene rings is 2. The molecule has 0 atom stereocenters. The van der Waals surface area contributed by atoms with Crippen LogP contribution in [-0.2, 0) is 10.1 Å². The van der Waals surface area contributed by atoms with E-state index in [1.807, 2.05) is 0 Å². The monoisotopic (exact) mass is 414 g/mol. The normalized spacial score (nSPS) is 14.8. The Morgan fingerprint density at radius 1 is 1.04 bits per heavy atom. The van der Waals surface area contributed by atoms with Crippen LogP contribution in [0.5, 0.6) is 5.75 Å². The molecule has 0 N–H and O–H groups in total. The maximum atomic E-state index is 12.5. The number of amides is 2. The Morgan fingerprint density at radius 3 is 2.27 bits per heavy atom. The van der Waals surface area contributed by atoms with E-state index in [9.17, 15) is 13.2 Å². The summed E-state index contributed by atoms with van der Waals surface area (Å²) in [6, 6.07) is 8.68.